The lowest BCUT2D eigenvalue weighted by Crippen LogP contribution is -2.29. The van der Waals surface area contributed by atoms with Crippen molar-refractivity contribution in [1.82, 2.24) is 10.3 Å². The van der Waals surface area contributed by atoms with Crippen molar-refractivity contribution in [1.29, 1.82) is 0 Å². The molecule has 0 aliphatic heterocycles. The van der Waals surface area contributed by atoms with E-state index in [0.717, 1.165) is 5.92 Å². The van der Waals surface area contributed by atoms with E-state index >= 15 is 0 Å². The third-order valence-electron chi connectivity index (χ3n) is 3.39. The minimum absolute atomic E-state index is 0.447. The quantitative estimate of drug-likeness (QED) is 0.819. The van der Waals surface area contributed by atoms with Crippen LogP contribution in [0.4, 0.5) is 0 Å². The molecule has 1 aliphatic carbocycles. The summed E-state index contributed by atoms with van der Waals surface area (Å²) >= 11 is 0. The Morgan fingerprint density at radius 1 is 1.33 bits per heavy atom. The van der Waals surface area contributed by atoms with Gasteiger partial charge in [0.15, 0.2) is 0 Å². The first-order valence-electron chi connectivity index (χ1n) is 5.91. The highest BCUT2D eigenvalue weighted by Crippen LogP contribution is 2.26. The molecule has 1 aromatic heterocycles. The molecular formula is C13H20N2. The molecule has 1 aliphatic rings. The molecule has 0 bridgehead atoms. The molecule has 1 saturated carbocycles. The molecule has 2 heteroatoms. The van der Waals surface area contributed by atoms with E-state index in [1.54, 1.807) is 0 Å². The van der Waals surface area contributed by atoms with Gasteiger partial charge in [-0.25, -0.2) is 0 Å². The standard InChI is InChI=1S/C13H20N2/c1-10-3-4-13(9-10)15-11(2)12-5-7-14-8-6-12/h5-8,10-11,13,15H,3-4,9H2,1-2H3/t10?,11-,13?/m0/s1. The van der Waals surface area contributed by atoms with Gasteiger partial charge in [0, 0.05) is 24.5 Å². The number of nitrogens with zero attached hydrogens (tertiary/aromatic N) is 1. The molecule has 0 amide bonds. The zero-order chi connectivity index (χ0) is 10.7. The van der Waals surface area contributed by atoms with Gasteiger partial charge in [-0.3, -0.25) is 4.98 Å². The van der Waals surface area contributed by atoms with Gasteiger partial charge >= 0.3 is 0 Å². The van der Waals surface area contributed by atoms with Crippen molar-refractivity contribution < 1.29 is 0 Å². The second kappa shape index (κ2) is 4.75. The molecule has 1 aromatic rings. The van der Waals surface area contributed by atoms with Crippen LogP contribution in [-0.2, 0) is 0 Å². The smallest absolute Gasteiger partial charge is 0.0295 e. The van der Waals surface area contributed by atoms with Gasteiger partial charge in [-0.1, -0.05) is 6.92 Å². The molecule has 3 atom stereocenters. The van der Waals surface area contributed by atoms with E-state index in [0.29, 0.717) is 12.1 Å². The number of hydrogen-bond acceptors (Lipinski definition) is 2. The van der Waals surface area contributed by atoms with Gasteiger partial charge in [0.25, 0.3) is 0 Å². The summed E-state index contributed by atoms with van der Waals surface area (Å²) in [5, 5.41) is 3.70. The van der Waals surface area contributed by atoms with Crippen LogP contribution in [0.15, 0.2) is 24.5 Å². The Morgan fingerprint density at radius 3 is 2.67 bits per heavy atom. The molecule has 2 unspecified atom stereocenters. The molecule has 15 heavy (non-hydrogen) atoms. The van der Waals surface area contributed by atoms with Crippen LogP contribution in [-0.4, -0.2) is 11.0 Å². The summed E-state index contributed by atoms with van der Waals surface area (Å²) < 4.78 is 0. The average molecular weight is 204 g/mol. The maximum absolute atomic E-state index is 4.04. The third kappa shape index (κ3) is 2.78. The first-order chi connectivity index (χ1) is 7.25. The highest BCUT2D eigenvalue weighted by Gasteiger charge is 2.22. The lowest BCUT2D eigenvalue weighted by molar-refractivity contribution is 0.449. The van der Waals surface area contributed by atoms with Gasteiger partial charge in [-0.2, -0.15) is 0 Å². The second-order valence-electron chi connectivity index (χ2n) is 4.78. The zero-order valence-corrected chi connectivity index (χ0v) is 9.61. The van der Waals surface area contributed by atoms with Crippen molar-refractivity contribution in [2.75, 3.05) is 0 Å². The van der Waals surface area contributed by atoms with E-state index in [1.165, 1.54) is 24.8 Å². The summed E-state index contributed by atoms with van der Waals surface area (Å²) in [5.41, 5.74) is 1.34. The molecule has 1 fully saturated rings. The van der Waals surface area contributed by atoms with Crippen molar-refractivity contribution >= 4 is 0 Å². The van der Waals surface area contributed by atoms with Crippen molar-refractivity contribution in [3.05, 3.63) is 30.1 Å². The van der Waals surface area contributed by atoms with Crippen LogP contribution in [0, 0.1) is 5.92 Å². The molecular weight excluding hydrogens is 184 g/mol. The molecule has 0 saturated heterocycles. The molecule has 1 N–H and O–H groups in total. The molecule has 82 valence electrons. The number of rotatable bonds is 3. The van der Waals surface area contributed by atoms with E-state index in [4.69, 9.17) is 0 Å². The number of pyridine rings is 1. The van der Waals surface area contributed by atoms with Crippen LogP contribution in [0.5, 0.6) is 0 Å². The van der Waals surface area contributed by atoms with Crippen molar-refractivity contribution in [2.24, 2.45) is 5.92 Å². The van der Waals surface area contributed by atoms with Gasteiger partial charge < -0.3 is 5.32 Å². The molecule has 2 nitrogen and oxygen atoms in total. The van der Waals surface area contributed by atoms with Crippen LogP contribution < -0.4 is 5.32 Å². The molecule has 0 spiro atoms. The SMILES string of the molecule is CC1CCC(N[C@@H](C)c2ccncc2)C1. The second-order valence-corrected chi connectivity index (χ2v) is 4.78. The van der Waals surface area contributed by atoms with Crippen LogP contribution in [0.2, 0.25) is 0 Å². The lowest BCUT2D eigenvalue weighted by atomic mass is 10.1. The van der Waals surface area contributed by atoms with Crippen molar-refractivity contribution in [3.63, 3.8) is 0 Å². The number of aromatic nitrogens is 1. The van der Waals surface area contributed by atoms with E-state index in [2.05, 4.69) is 36.3 Å². The Kier molecular flexibility index (Phi) is 3.37. The molecule has 2 rings (SSSR count). The van der Waals surface area contributed by atoms with Crippen molar-refractivity contribution in [3.8, 4) is 0 Å². The normalized spacial score (nSPS) is 27.9. The maximum atomic E-state index is 4.04. The van der Waals surface area contributed by atoms with Gasteiger partial charge in [-0.15, -0.1) is 0 Å². The van der Waals surface area contributed by atoms with E-state index in [1.807, 2.05) is 12.4 Å². The Hall–Kier alpha value is -0.890. The third-order valence-corrected chi connectivity index (χ3v) is 3.39. The summed E-state index contributed by atoms with van der Waals surface area (Å²) in [6.45, 7) is 4.58. The summed E-state index contributed by atoms with van der Waals surface area (Å²) in [5.74, 6) is 0.896. The fourth-order valence-electron chi connectivity index (χ4n) is 2.46. The fraction of sp³-hybridized carbons (Fsp3) is 0.615. The van der Waals surface area contributed by atoms with E-state index in [9.17, 15) is 0 Å². The fourth-order valence-corrected chi connectivity index (χ4v) is 2.46. The van der Waals surface area contributed by atoms with Gasteiger partial charge in [0.1, 0.15) is 0 Å². The maximum Gasteiger partial charge on any atom is 0.0295 e. The first-order valence-corrected chi connectivity index (χ1v) is 5.91. The van der Waals surface area contributed by atoms with Gasteiger partial charge in [0.2, 0.25) is 0 Å². The summed E-state index contributed by atoms with van der Waals surface area (Å²) in [4.78, 5) is 4.04. The van der Waals surface area contributed by atoms with Gasteiger partial charge in [-0.05, 0) is 49.8 Å². The number of hydrogen-bond donors (Lipinski definition) is 1. The Bertz CT molecular complexity index is 297. The molecule has 1 heterocycles. The predicted molar refractivity (Wildman–Crippen MR) is 62.6 cm³/mol. The minimum atomic E-state index is 0.447. The summed E-state index contributed by atoms with van der Waals surface area (Å²) in [7, 11) is 0. The van der Waals surface area contributed by atoms with Crippen LogP contribution in [0.25, 0.3) is 0 Å². The Labute approximate surface area is 92.1 Å². The lowest BCUT2D eigenvalue weighted by Gasteiger charge is -2.19. The van der Waals surface area contributed by atoms with Gasteiger partial charge in [0.05, 0.1) is 0 Å². The Morgan fingerprint density at radius 2 is 2.07 bits per heavy atom. The monoisotopic (exact) mass is 204 g/mol. The summed E-state index contributed by atoms with van der Waals surface area (Å²) in [6, 6.07) is 5.35. The largest absolute Gasteiger partial charge is 0.307 e. The van der Waals surface area contributed by atoms with E-state index in [-0.39, 0.29) is 0 Å². The van der Waals surface area contributed by atoms with Crippen LogP contribution in [0.1, 0.15) is 44.7 Å². The van der Waals surface area contributed by atoms with E-state index < -0.39 is 0 Å². The number of nitrogens with one attached hydrogen (secondary N) is 1. The highest BCUT2D eigenvalue weighted by atomic mass is 14.9. The average Bonchev–Trinajstić information content (AvgIpc) is 2.65. The zero-order valence-electron chi connectivity index (χ0n) is 9.61. The Balaban J connectivity index is 1.90. The molecule has 0 aromatic carbocycles. The predicted octanol–water partition coefficient (Wildman–Crippen LogP) is 2.92. The molecule has 0 radical (unpaired) electrons. The summed E-state index contributed by atoms with van der Waals surface area (Å²) in [6.07, 6.45) is 7.77. The topological polar surface area (TPSA) is 24.9 Å². The highest BCUT2D eigenvalue weighted by molar-refractivity contribution is 5.14. The van der Waals surface area contributed by atoms with Crippen molar-refractivity contribution in [2.45, 2.75) is 45.2 Å². The minimum Gasteiger partial charge on any atom is -0.307 e. The van der Waals surface area contributed by atoms with Crippen LogP contribution in [0.3, 0.4) is 0 Å². The first kappa shape index (κ1) is 10.6. The van der Waals surface area contributed by atoms with Crippen LogP contribution >= 0.6 is 0 Å².